The van der Waals surface area contributed by atoms with Gasteiger partial charge in [-0.15, -0.1) is 0 Å². The molecule has 0 saturated heterocycles. The highest BCUT2D eigenvalue weighted by Gasteiger charge is 2.16. The van der Waals surface area contributed by atoms with E-state index >= 15 is 0 Å². The van der Waals surface area contributed by atoms with Gasteiger partial charge in [0, 0.05) is 22.3 Å². The average molecular weight is 428 g/mol. The largest absolute Gasteiger partial charge is 0.325 e. The maximum atomic E-state index is 12.1. The Morgan fingerprint density at radius 1 is 1.20 bits per heavy atom. The fraction of sp³-hybridized carbons (Fsp3) is 0.133. The maximum Gasteiger partial charge on any atom is 0.269 e. The lowest BCUT2D eigenvalue weighted by atomic mass is 10.2. The molecule has 2 rings (SSSR count). The van der Waals surface area contributed by atoms with Gasteiger partial charge in [-0.25, -0.2) is 13.1 Å². The number of aryl methyl sites for hydroxylation is 1. The van der Waals surface area contributed by atoms with Crippen LogP contribution in [0.4, 0.5) is 11.4 Å². The van der Waals surface area contributed by atoms with Gasteiger partial charge >= 0.3 is 0 Å². The molecule has 132 valence electrons. The second kappa shape index (κ2) is 7.72. The number of benzene rings is 2. The minimum atomic E-state index is -3.81. The summed E-state index contributed by atoms with van der Waals surface area (Å²) in [6, 6.07) is 9.95. The molecule has 2 N–H and O–H groups in total. The molecule has 0 heterocycles. The number of halogens is 1. The fourth-order valence-corrected chi connectivity index (χ4v) is 3.20. The van der Waals surface area contributed by atoms with E-state index in [0.717, 1.165) is 4.47 Å². The topological polar surface area (TPSA) is 118 Å². The number of rotatable bonds is 6. The Hall–Kier alpha value is -2.30. The SMILES string of the molecule is Cc1cc([N+](=O)[O-])ccc1NC(=O)CNS(=O)(=O)c1ccc(Br)cc1. The number of nitro benzene ring substituents is 1. The molecule has 2 aromatic carbocycles. The van der Waals surface area contributed by atoms with Crippen LogP contribution in [0.15, 0.2) is 51.8 Å². The van der Waals surface area contributed by atoms with Crippen LogP contribution in [-0.2, 0) is 14.8 Å². The fourth-order valence-electron chi connectivity index (χ4n) is 1.95. The number of hydrogen-bond donors (Lipinski definition) is 2. The number of carbonyl (C=O) groups is 1. The number of hydrogen-bond acceptors (Lipinski definition) is 5. The summed E-state index contributed by atoms with van der Waals surface area (Å²) in [6.45, 7) is 1.14. The van der Waals surface area contributed by atoms with Crippen LogP contribution in [0.1, 0.15) is 5.56 Å². The molecule has 8 nitrogen and oxygen atoms in total. The summed E-state index contributed by atoms with van der Waals surface area (Å²) in [4.78, 5) is 22.1. The summed E-state index contributed by atoms with van der Waals surface area (Å²) in [7, 11) is -3.81. The van der Waals surface area contributed by atoms with Gasteiger partial charge in [0.2, 0.25) is 15.9 Å². The zero-order valence-corrected chi connectivity index (χ0v) is 15.4. The summed E-state index contributed by atoms with van der Waals surface area (Å²) in [6.07, 6.45) is 0. The third-order valence-electron chi connectivity index (χ3n) is 3.24. The number of nitro groups is 1. The van der Waals surface area contributed by atoms with Crippen molar-refractivity contribution in [3.8, 4) is 0 Å². The molecule has 0 unspecified atom stereocenters. The number of nitrogens with one attached hydrogen (secondary N) is 2. The van der Waals surface area contributed by atoms with Crippen molar-refractivity contribution in [3.63, 3.8) is 0 Å². The van der Waals surface area contributed by atoms with Gasteiger partial charge in [-0.05, 0) is 42.8 Å². The van der Waals surface area contributed by atoms with Crippen molar-refractivity contribution in [2.45, 2.75) is 11.8 Å². The van der Waals surface area contributed by atoms with Crippen molar-refractivity contribution in [1.82, 2.24) is 4.72 Å². The van der Waals surface area contributed by atoms with Crippen molar-refractivity contribution in [1.29, 1.82) is 0 Å². The molecular weight excluding hydrogens is 414 g/mol. The second-order valence-corrected chi connectivity index (χ2v) is 7.77. The molecule has 0 aromatic heterocycles. The molecule has 0 aliphatic rings. The first kappa shape index (κ1) is 19.0. The number of amides is 1. The zero-order valence-electron chi connectivity index (χ0n) is 13.0. The molecule has 10 heteroatoms. The van der Waals surface area contributed by atoms with Crippen LogP contribution in [0.5, 0.6) is 0 Å². The second-order valence-electron chi connectivity index (χ2n) is 5.08. The molecule has 25 heavy (non-hydrogen) atoms. The van der Waals surface area contributed by atoms with E-state index in [0.29, 0.717) is 11.3 Å². The first-order chi connectivity index (χ1) is 11.7. The highest BCUT2D eigenvalue weighted by molar-refractivity contribution is 9.10. The van der Waals surface area contributed by atoms with E-state index in [9.17, 15) is 23.3 Å². The smallest absolute Gasteiger partial charge is 0.269 e. The van der Waals surface area contributed by atoms with Gasteiger partial charge in [0.05, 0.1) is 16.4 Å². The lowest BCUT2D eigenvalue weighted by molar-refractivity contribution is -0.384. The molecule has 0 aliphatic heterocycles. The molecule has 2 aromatic rings. The third kappa shape index (κ3) is 5.08. The zero-order chi connectivity index (χ0) is 18.6. The van der Waals surface area contributed by atoms with Crippen LogP contribution >= 0.6 is 15.9 Å². The molecule has 0 atom stereocenters. The molecule has 0 bridgehead atoms. The number of carbonyl (C=O) groups excluding carboxylic acids is 1. The standard InChI is InChI=1S/C15H14BrN3O5S/c1-10-8-12(19(21)22)4-7-14(10)18-15(20)9-17-25(23,24)13-5-2-11(16)3-6-13/h2-8,17H,9H2,1H3,(H,18,20). The normalized spacial score (nSPS) is 11.1. The number of sulfonamides is 1. The van der Waals surface area contributed by atoms with Gasteiger partial charge in [0.1, 0.15) is 0 Å². The van der Waals surface area contributed by atoms with Gasteiger partial charge in [0.25, 0.3) is 5.69 Å². The van der Waals surface area contributed by atoms with Crippen molar-refractivity contribution in [2.75, 3.05) is 11.9 Å². The molecule has 0 radical (unpaired) electrons. The van der Waals surface area contributed by atoms with Crippen LogP contribution < -0.4 is 10.0 Å². The summed E-state index contributed by atoms with van der Waals surface area (Å²) < 4.78 is 27.1. The number of anilines is 1. The number of nitrogens with zero attached hydrogens (tertiary/aromatic N) is 1. The summed E-state index contributed by atoms with van der Waals surface area (Å²) in [5, 5.41) is 13.2. The lowest BCUT2D eigenvalue weighted by Gasteiger charge is -2.10. The summed E-state index contributed by atoms with van der Waals surface area (Å²) >= 11 is 3.21. The van der Waals surface area contributed by atoms with Gasteiger partial charge in [0.15, 0.2) is 0 Å². The van der Waals surface area contributed by atoms with Crippen LogP contribution in [0.2, 0.25) is 0 Å². The Morgan fingerprint density at radius 2 is 1.84 bits per heavy atom. The predicted octanol–water partition coefficient (Wildman–Crippen LogP) is 2.58. The lowest BCUT2D eigenvalue weighted by Crippen LogP contribution is -2.33. The van der Waals surface area contributed by atoms with Gasteiger partial charge in [-0.3, -0.25) is 14.9 Å². The van der Waals surface area contributed by atoms with Crippen LogP contribution in [0, 0.1) is 17.0 Å². The van der Waals surface area contributed by atoms with Crippen LogP contribution in [-0.4, -0.2) is 25.8 Å². The molecule has 0 spiro atoms. The van der Waals surface area contributed by atoms with E-state index < -0.39 is 27.4 Å². The monoisotopic (exact) mass is 427 g/mol. The Morgan fingerprint density at radius 3 is 2.40 bits per heavy atom. The Labute approximate surface area is 152 Å². The van der Waals surface area contributed by atoms with Crippen LogP contribution in [0.25, 0.3) is 0 Å². The van der Waals surface area contributed by atoms with E-state index in [-0.39, 0.29) is 10.6 Å². The Bertz CT molecular complexity index is 913. The third-order valence-corrected chi connectivity index (χ3v) is 5.19. The van der Waals surface area contributed by atoms with E-state index in [4.69, 9.17) is 0 Å². The van der Waals surface area contributed by atoms with E-state index in [1.54, 1.807) is 19.1 Å². The van der Waals surface area contributed by atoms with Gasteiger partial charge in [-0.2, -0.15) is 0 Å². The Kier molecular flexibility index (Phi) is 5.88. The van der Waals surface area contributed by atoms with Crippen molar-refractivity contribution < 1.29 is 18.1 Å². The van der Waals surface area contributed by atoms with Crippen LogP contribution in [0.3, 0.4) is 0 Å². The molecule has 1 amide bonds. The van der Waals surface area contributed by atoms with E-state index in [1.807, 2.05) is 0 Å². The van der Waals surface area contributed by atoms with Crippen molar-refractivity contribution in [2.24, 2.45) is 0 Å². The minimum Gasteiger partial charge on any atom is -0.325 e. The summed E-state index contributed by atoms with van der Waals surface area (Å²) in [5.74, 6) is -0.586. The minimum absolute atomic E-state index is 0.0371. The molecule has 0 aliphatic carbocycles. The van der Waals surface area contributed by atoms with E-state index in [1.165, 1.54) is 30.3 Å². The quantitative estimate of drug-likeness (QED) is 0.542. The predicted molar refractivity (Wildman–Crippen MR) is 95.8 cm³/mol. The molecular formula is C15H14BrN3O5S. The van der Waals surface area contributed by atoms with Crippen molar-refractivity contribution in [3.05, 3.63) is 62.6 Å². The van der Waals surface area contributed by atoms with Crippen molar-refractivity contribution >= 4 is 43.2 Å². The first-order valence-corrected chi connectivity index (χ1v) is 9.27. The van der Waals surface area contributed by atoms with E-state index in [2.05, 4.69) is 26.0 Å². The first-order valence-electron chi connectivity index (χ1n) is 6.99. The van der Waals surface area contributed by atoms with Gasteiger partial charge in [-0.1, -0.05) is 15.9 Å². The molecule has 0 saturated carbocycles. The Balaban J connectivity index is 2.01. The highest BCUT2D eigenvalue weighted by atomic mass is 79.9. The maximum absolute atomic E-state index is 12.1. The highest BCUT2D eigenvalue weighted by Crippen LogP contribution is 2.21. The van der Waals surface area contributed by atoms with Gasteiger partial charge < -0.3 is 5.32 Å². The summed E-state index contributed by atoms with van der Waals surface area (Å²) in [5.41, 5.74) is 0.781. The molecule has 0 fully saturated rings. The average Bonchev–Trinajstić information content (AvgIpc) is 2.55. The number of non-ortho nitro benzene ring substituents is 1.